The molecule has 1 fully saturated rings. The van der Waals surface area contributed by atoms with E-state index in [0.29, 0.717) is 0 Å². The Morgan fingerprint density at radius 3 is 2.23 bits per heavy atom. The van der Waals surface area contributed by atoms with Crippen LogP contribution in [-0.4, -0.2) is 23.9 Å². The largest absolute Gasteiger partial charge is 0.350 e. The summed E-state index contributed by atoms with van der Waals surface area (Å²) >= 11 is 0. The predicted molar refractivity (Wildman–Crippen MR) is 82.8 cm³/mol. The van der Waals surface area contributed by atoms with Gasteiger partial charge in [0.2, 0.25) is 11.8 Å². The maximum atomic E-state index is 13.1. The van der Waals surface area contributed by atoms with Gasteiger partial charge in [-0.2, -0.15) is 0 Å². The van der Waals surface area contributed by atoms with Crippen molar-refractivity contribution >= 4 is 11.8 Å². The van der Waals surface area contributed by atoms with Crippen LogP contribution in [0.25, 0.3) is 0 Å². The van der Waals surface area contributed by atoms with Crippen molar-refractivity contribution in [3.05, 3.63) is 35.6 Å². The molecule has 1 aromatic rings. The van der Waals surface area contributed by atoms with Crippen LogP contribution < -0.4 is 10.6 Å². The smallest absolute Gasteiger partial charge is 0.239 e. The van der Waals surface area contributed by atoms with Gasteiger partial charge in [0.25, 0.3) is 0 Å². The molecular weight excluding hydrogens is 283 g/mol. The molecule has 1 aliphatic rings. The molecule has 2 amide bonds. The summed E-state index contributed by atoms with van der Waals surface area (Å²) in [7, 11) is 0. The molecule has 120 valence electrons. The fourth-order valence-electron chi connectivity index (χ4n) is 2.74. The first-order valence-electron chi connectivity index (χ1n) is 7.58. The molecule has 0 unspecified atom stereocenters. The molecule has 0 heterocycles. The molecule has 0 atom stereocenters. The lowest BCUT2D eigenvalue weighted by Crippen LogP contribution is -2.52. The number of amides is 2. The Morgan fingerprint density at radius 1 is 1.18 bits per heavy atom. The van der Waals surface area contributed by atoms with E-state index in [1.54, 1.807) is 12.1 Å². The van der Waals surface area contributed by atoms with Crippen LogP contribution in [0.15, 0.2) is 24.3 Å². The Bertz CT molecular complexity index is 557. The fraction of sp³-hybridized carbons (Fsp3) is 0.529. The van der Waals surface area contributed by atoms with E-state index < -0.39 is 5.41 Å². The van der Waals surface area contributed by atoms with Gasteiger partial charge < -0.3 is 10.6 Å². The molecule has 2 rings (SSSR count). The minimum absolute atomic E-state index is 0.0426. The van der Waals surface area contributed by atoms with Crippen molar-refractivity contribution in [3.63, 3.8) is 0 Å². The minimum Gasteiger partial charge on any atom is -0.350 e. The standard InChI is InChI=1S/C17H23FN2O2/c1-16(2,3)20-14(21)11-19-15(22)17(9-4-10-17)12-5-7-13(18)8-6-12/h5-8H,4,9-11H2,1-3H3,(H,19,22)(H,20,21). The summed E-state index contributed by atoms with van der Waals surface area (Å²) in [6.07, 6.45) is 2.41. The van der Waals surface area contributed by atoms with Crippen LogP contribution >= 0.6 is 0 Å². The Hall–Kier alpha value is -1.91. The first kappa shape index (κ1) is 16.5. The average molecular weight is 306 g/mol. The number of rotatable bonds is 4. The summed E-state index contributed by atoms with van der Waals surface area (Å²) in [6, 6.07) is 6.05. The summed E-state index contributed by atoms with van der Waals surface area (Å²) in [5, 5.41) is 5.52. The lowest BCUT2D eigenvalue weighted by atomic mass is 9.64. The van der Waals surface area contributed by atoms with Crippen LogP contribution in [0.1, 0.15) is 45.6 Å². The molecule has 0 aromatic heterocycles. The lowest BCUT2D eigenvalue weighted by Gasteiger charge is -2.40. The van der Waals surface area contributed by atoms with E-state index in [1.165, 1.54) is 12.1 Å². The second-order valence-corrected chi connectivity index (χ2v) is 6.92. The van der Waals surface area contributed by atoms with E-state index in [9.17, 15) is 14.0 Å². The molecule has 0 aliphatic heterocycles. The van der Waals surface area contributed by atoms with Gasteiger partial charge in [-0.05, 0) is 51.3 Å². The second kappa shape index (κ2) is 6.07. The van der Waals surface area contributed by atoms with Crippen molar-refractivity contribution in [2.75, 3.05) is 6.54 Å². The number of carbonyl (C=O) groups excluding carboxylic acids is 2. The highest BCUT2D eigenvalue weighted by Gasteiger charge is 2.45. The van der Waals surface area contributed by atoms with Gasteiger partial charge in [0.1, 0.15) is 5.82 Å². The summed E-state index contributed by atoms with van der Waals surface area (Å²) < 4.78 is 13.1. The lowest BCUT2D eigenvalue weighted by molar-refractivity contribution is -0.132. The molecule has 0 saturated heterocycles. The maximum absolute atomic E-state index is 13.1. The van der Waals surface area contributed by atoms with Gasteiger partial charge in [-0.25, -0.2) is 4.39 Å². The average Bonchev–Trinajstić information content (AvgIpc) is 2.35. The fourth-order valence-corrected chi connectivity index (χ4v) is 2.74. The van der Waals surface area contributed by atoms with Crippen LogP contribution in [0.5, 0.6) is 0 Å². The van der Waals surface area contributed by atoms with Crippen LogP contribution in [0, 0.1) is 5.82 Å². The number of hydrogen-bond acceptors (Lipinski definition) is 2. The number of benzene rings is 1. The van der Waals surface area contributed by atoms with Crippen LogP contribution in [0.4, 0.5) is 4.39 Å². The molecule has 0 spiro atoms. The van der Waals surface area contributed by atoms with Gasteiger partial charge in [0, 0.05) is 5.54 Å². The van der Waals surface area contributed by atoms with Crippen LogP contribution in [0.3, 0.4) is 0 Å². The Labute approximate surface area is 130 Å². The Balaban J connectivity index is 2.01. The van der Waals surface area contributed by atoms with Crippen LogP contribution in [-0.2, 0) is 15.0 Å². The predicted octanol–water partition coefficient (Wildman–Crippen LogP) is 2.28. The Kier molecular flexibility index (Phi) is 4.54. The third-order valence-corrected chi connectivity index (χ3v) is 3.96. The quantitative estimate of drug-likeness (QED) is 0.896. The van der Waals surface area contributed by atoms with E-state index in [2.05, 4.69) is 10.6 Å². The third-order valence-electron chi connectivity index (χ3n) is 3.96. The molecule has 1 saturated carbocycles. The number of hydrogen-bond donors (Lipinski definition) is 2. The van der Waals surface area contributed by atoms with Crippen molar-refractivity contribution < 1.29 is 14.0 Å². The van der Waals surface area contributed by atoms with E-state index in [0.717, 1.165) is 24.8 Å². The van der Waals surface area contributed by atoms with Gasteiger partial charge in [0.05, 0.1) is 12.0 Å². The van der Waals surface area contributed by atoms with E-state index >= 15 is 0 Å². The normalized spacial score (nSPS) is 16.5. The summed E-state index contributed by atoms with van der Waals surface area (Å²) in [4.78, 5) is 24.3. The molecule has 1 aliphatic carbocycles. The molecule has 5 heteroatoms. The molecule has 4 nitrogen and oxygen atoms in total. The number of halogens is 1. The third kappa shape index (κ3) is 3.64. The second-order valence-electron chi connectivity index (χ2n) is 6.92. The molecule has 0 bridgehead atoms. The molecule has 2 N–H and O–H groups in total. The highest BCUT2D eigenvalue weighted by atomic mass is 19.1. The van der Waals surface area contributed by atoms with Gasteiger partial charge in [0.15, 0.2) is 0 Å². The van der Waals surface area contributed by atoms with E-state index in [-0.39, 0.29) is 29.7 Å². The Morgan fingerprint density at radius 2 is 1.77 bits per heavy atom. The first-order chi connectivity index (χ1) is 10.2. The van der Waals surface area contributed by atoms with Gasteiger partial charge >= 0.3 is 0 Å². The SMILES string of the molecule is CC(C)(C)NC(=O)CNC(=O)C1(c2ccc(F)cc2)CCC1. The zero-order chi connectivity index (χ0) is 16.4. The maximum Gasteiger partial charge on any atom is 0.239 e. The summed E-state index contributed by atoms with van der Waals surface area (Å²) in [6.45, 7) is 5.62. The monoisotopic (exact) mass is 306 g/mol. The zero-order valence-corrected chi connectivity index (χ0v) is 13.3. The van der Waals surface area contributed by atoms with Crippen LogP contribution in [0.2, 0.25) is 0 Å². The summed E-state index contributed by atoms with van der Waals surface area (Å²) in [5.74, 6) is -0.688. The molecular formula is C17H23FN2O2. The van der Waals surface area contributed by atoms with Crippen molar-refractivity contribution in [1.82, 2.24) is 10.6 Å². The topological polar surface area (TPSA) is 58.2 Å². The van der Waals surface area contributed by atoms with Crippen molar-refractivity contribution in [3.8, 4) is 0 Å². The van der Waals surface area contributed by atoms with Gasteiger partial charge in [-0.3, -0.25) is 9.59 Å². The van der Waals surface area contributed by atoms with E-state index in [4.69, 9.17) is 0 Å². The highest BCUT2D eigenvalue weighted by molar-refractivity contribution is 5.92. The van der Waals surface area contributed by atoms with Crippen molar-refractivity contribution in [2.45, 2.75) is 51.0 Å². The number of nitrogens with one attached hydrogen (secondary N) is 2. The van der Waals surface area contributed by atoms with Gasteiger partial charge in [-0.15, -0.1) is 0 Å². The first-order valence-corrected chi connectivity index (χ1v) is 7.58. The number of carbonyl (C=O) groups is 2. The van der Waals surface area contributed by atoms with Gasteiger partial charge in [-0.1, -0.05) is 18.6 Å². The molecule has 0 radical (unpaired) electrons. The summed E-state index contributed by atoms with van der Waals surface area (Å²) in [5.41, 5.74) is -0.128. The van der Waals surface area contributed by atoms with E-state index in [1.807, 2.05) is 20.8 Å². The van der Waals surface area contributed by atoms with Crippen molar-refractivity contribution in [2.24, 2.45) is 0 Å². The zero-order valence-electron chi connectivity index (χ0n) is 13.3. The minimum atomic E-state index is -0.615. The molecule has 1 aromatic carbocycles. The van der Waals surface area contributed by atoms with Crippen molar-refractivity contribution in [1.29, 1.82) is 0 Å². The molecule has 22 heavy (non-hydrogen) atoms. The highest BCUT2D eigenvalue weighted by Crippen LogP contribution is 2.43.